The van der Waals surface area contributed by atoms with Gasteiger partial charge in [0.1, 0.15) is 12.0 Å². The summed E-state index contributed by atoms with van der Waals surface area (Å²) in [5.41, 5.74) is -1.03. The molecule has 5 heteroatoms. The van der Waals surface area contributed by atoms with Crippen LogP contribution >= 0.6 is 0 Å². The van der Waals surface area contributed by atoms with Crippen molar-refractivity contribution in [2.45, 2.75) is 13.3 Å². The number of phenols is 1. The lowest BCUT2D eigenvalue weighted by Crippen LogP contribution is -1.99. The van der Waals surface area contributed by atoms with E-state index in [2.05, 4.69) is 0 Å². The molecular weight excluding hydrogens is 206 g/mol. The van der Waals surface area contributed by atoms with Gasteiger partial charge in [-0.3, -0.25) is 9.59 Å². The highest BCUT2D eigenvalue weighted by Gasteiger charge is 2.19. The van der Waals surface area contributed by atoms with E-state index in [1.54, 1.807) is 0 Å². The molecule has 0 aliphatic carbocycles. The number of carbonyl (C=O) groups excluding carboxylic acids is 2. The highest BCUT2D eigenvalue weighted by Crippen LogP contribution is 2.32. The number of ketones is 1. The zero-order chi connectivity index (χ0) is 11.6. The Balaban J connectivity index is 3.46. The van der Waals surface area contributed by atoms with Gasteiger partial charge in [0.15, 0.2) is 5.78 Å². The summed E-state index contributed by atoms with van der Waals surface area (Å²) in [6.45, 7) is 1.12. The van der Waals surface area contributed by atoms with Gasteiger partial charge in [-0.05, 0) is 19.1 Å². The third kappa shape index (κ3) is 2.18. The van der Waals surface area contributed by atoms with Crippen LogP contribution in [0.5, 0.6) is 5.75 Å². The quantitative estimate of drug-likeness (QED) is 0.620. The fourth-order valence-electron chi connectivity index (χ4n) is 1.18. The monoisotopic (exact) mass is 214 g/mol. The summed E-state index contributed by atoms with van der Waals surface area (Å²) in [4.78, 5) is 21.4. The first-order chi connectivity index (χ1) is 6.97. The standard InChI is InChI=1S/C10H8F2O3/c1-5(14)7-2-6(4-13)3-8(9(7)15)10(11)12/h2-4,10,15H,1H3. The van der Waals surface area contributed by atoms with E-state index in [9.17, 15) is 23.5 Å². The summed E-state index contributed by atoms with van der Waals surface area (Å²) in [6.07, 6.45) is -2.58. The lowest BCUT2D eigenvalue weighted by molar-refractivity contribution is 0.101. The van der Waals surface area contributed by atoms with Gasteiger partial charge < -0.3 is 5.11 Å². The van der Waals surface area contributed by atoms with Gasteiger partial charge in [-0.2, -0.15) is 0 Å². The first kappa shape index (κ1) is 11.3. The number of hydrogen-bond donors (Lipinski definition) is 1. The van der Waals surface area contributed by atoms with E-state index in [0.29, 0.717) is 6.29 Å². The molecular formula is C10H8F2O3. The van der Waals surface area contributed by atoms with E-state index in [1.807, 2.05) is 0 Å². The second-order valence-electron chi connectivity index (χ2n) is 2.98. The van der Waals surface area contributed by atoms with Crippen molar-refractivity contribution in [2.75, 3.05) is 0 Å². The number of rotatable bonds is 3. The zero-order valence-electron chi connectivity index (χ0n) is 7.83. The molecule has 0 atom stereocenters. The van der Waals surface area contributed by atoms with E-state index in [4.69, 9.17) is 0 Å². The topological polar surface area (TPSA) is 54.4 Å². The number of Topliss-reactive ketones (excluding diaryl/α,β-unsaturated/α-hetero) is 1. The Morgan fingerprint density at radius 1 is 1.47 bits per heavy atom. The van der Waals surface area contributed by atoms with E-state index in [-0.39, 0.29) is 11.1 Å². The number of aromatic hydroxyl groups is 1. The largest absolute Gasteiger partial charge is 0.507 e. The zero-order valence-corrected chi connectivity index (χ0v) is 7.83. The Labute approximate surface area is 84.3 Å². The molecule has 80 valence electrons. The Bertz CT molecular complexity index is 413. The van der Waals surface area contributed by atoms with E-state index >= 15 is 0 Å². The van der Waals surface area contributed by atoms with Crippen molar-refractivity contribution in [2.24, 2.45) is 0 Å². The minimum Gasteiger partial charge on any atom is -0.507 e. The lowest BCUT2D eigenvalue weighted by atomic mass is 10.0. The van der Waals surface area contributed by atoms with Crippen molar-refractivity contribution in [1.29, 1.82) is 0 Å². The molecule has 0 fully saturated rings. The first-order valence-electron chi connectivity index (χ1n) is 4.08. The molecule has 0 radical (unpaired) electrons. The molecule has 0 aliphatic rings. The highest BCUT2D eigenvalue weighted by molar-refractivity contribution is 5.98. The Hall–Kier alpha value is -1.78. The normalized spacial score (nSPS) is 10.4. The molecule has 3 nitrogen and oxygen atoms in total. The molecule has 0 unspecified atom stereocenters. The highest BCUT2D eigenvalue weighted by atomic mass is 19.3. The SMILES string of the molecule is CC(=O)c1cc(C=O)cc(C(F)F)c1O. The van der Waals surface area contributed by atoms with Gasteiger partial charge in [0.25, 0.3) is 6.43 Å². The van der Waals surface area contributed by atoms with Gasteiger partial charge in [0.2, 0.25) is 0 Å². The molecule has 0 aromatic heterocycles. The van der Waals surface area contributed by atoms with Crippen molar-refractivity contribution in [1.82, 2.24) is 0 Å². The van der Waals surface area contributed by atoms with Gasteiger partial charge in [-0.1, -0.05) is 0 Å². The summed E-state index contributed by atoms with van der Waals surface area (Å²) in [5.74, 6) is -1.33. The average molecular weight is 214 g/mol. The number of alkyl halides is 2. The third-order valence-electron chi connectivity index (χ3n) is 1.91. The predicted octanol–water partition coefficient (Wildman–Crippen LogP) is 2.34. The van der Waals surface area contributed by atoms with Crippen LogP contribution in [0.1, 0.15) is 39.6 Å². The van der Waals surface area contributed by atoms with E-state index in [1.165, 1.54) is 0 Å². The van der Waals surface area contributed by atoms with Crippen molar-refractivity contribution < 1.29 is 23.5 Å². The van der Waals surface area contributed by atoms with Crippen LogP contribution in [0.25, 0.3) is 0 Å². The minimum atomic E-state index is -2.93. The van der Waals surface area contributed by atoms with Crippen molar-refractivity contribution in [3.8, 4) is 5.75 Å². The molecule has 15 heavy (non-hydrogen) atoms. The Morgan fingerprint density at radius 2 is 2.07 bits per heavy atom. The number of hydrogen-bond acceptors (Lipinski definition) is 3. The fraction of sp³-hybridized carbons (Fsp3) is 0.200. The maximum atomic E-state index is 12.4. The van der Waals surface area contributed by atoms with Crippen LogP contribution < -0.4 is 0 Å². The molecule has 0 spiro atoms. The average Bonchev–Trinajstić information content (AvgIpc) is 2.17. The van der Waals surface area contributed by atoms with Crippen LogP contribution in [0.4, 0.5) is 8.78 Å². The van der Waals surface area contributed by atoms with Crippen molar-refractivity contribution in [3.05, 3.63) is 28.8 Å². The van der Waals surface area contributed by atoms with Gasteiger partial charge in [-0.25, -0.2) is 8.78 Å². The Kier molecular flexibility index (Phi) is 3.14. The third-order valence-corrected chi connectivity index (χ3v) is 1.91. The summed E-state index contributed by atoms with van der Waals surface area (Å²) < 4.78 is 24.8. The molecule has 0 heterocycles. The van der Waals surface area contributed by atoms with E-state index < -0.39 is 23.5 Å². The number of aldehydes is 1. The molecule has 0 aliphatic heterocycles. The summed E-state index contributed by atoms with van der Waals surface area (Å²) in [6, 6.07) is 1.94. The van der Waals surface area contributed by atoms with Crippen LogP contribution in [0, 0.1) is 0 Å². The van der Waals surface area contributed by atoms with Crippen LogP contribution in [0.3, 0.4) is 0 Å². The van der Waals surface area contributed by atoms with Crippen LogP contribution in [0.2, 0.25) is 0 Å². The summed E-state index contributed by atoms with van der Waals surface area (Å²) >= 11 is 0. The smallest absolute Gasteiger partial charge is 0.267 e. The molecule has 0 saturated carbocycles. The van der Waals surface area contributed by atoms with Gasteiger partial charge in [0.05, 0.1) is 11.1 Å². The van der Waals surface area contributed by atoms with Crippen LogP contribution in [-0.2, 0) is 0 Å². The van der Waals surface area contributed by atoms with Crippen LogP contribution in [-0.4, -0.2) is 17.2 Å². The molecule has 0 amide bonds. The summed E-state index contributed by atoms with van der Waals surface area (Å²) in [5, 5.41) is 9.33. The first-order valence-corrected chi connectivity index (χ1v) is 4.08. The molecule has 1 rings (SSSR count). The molecule has 1 N–H and O–H groups in total. The maximum absolute atomic E-state index is 12.4. The van der Waals surface area contributed by atoms with Gasteiger partial charge in [0, 0.05) is 5.56 Å². The fourth-order valence-corrected chi connectivity index (χ4v) is 1.18. The number of phenolic OH excluding ortho intramolecular Hbond substituents is 1. The maximum Gasteiger partial charge on any atom is 0.267 e. The minimum absolute atomic E-state index is 0.0618. The molecule has 0 saturated heterocycles. The Morgan fingerprint density at radius 3 is 2.47 bits per heavy atom. The van der Waals surface area contributed by atoms with Crippen molar-refractivity contribution in [3.63, 3.8) is 0 Å². The second kappa shape index (κ2) is 4.16. The van der Waals surface area contributed by atoms with Gasteiger partial charge in [-0.15, -0.1) is 0 Å². The molecule has 0 bridgehead atoms. The second-order valence-corrected chi connectivity index (χ2v) is 2.98. The lowest BCUT2D eigenvalue weighted by Gasteiger charge is -2.08. The molecule has 1 aromatic rings. The number of benzene rings is 1. The molecule has 1 aromatic carbocycles. The predicted molar refractivity (Wildman–Crippen MR) is 48.5 cm³/mol. The number of halogens is 2. The van der Waals surface area contributed by atoms with Crippen molar-refractivity contribution >= 4 is 12.1 Å². The summed E-state index contributed by atoms with van der Waals surface area (Å²) in [7, 11) is 0. The number of carbonyl (C=O) groups is 2. The van der Waals surface area contributed by atoms with Gasteiger partial charge >= 0.3 is 0 Å². The van der Waals surface area contributed by atoms with E-state index in [0.717, 1.165) is 19.1 Å². The van der Waals surface area contributed by atoms with Crippen LogP contribution in [0.15, 0.2) is 12.1 Å².